The number of benzene rings is 1. The Balaban J connectivity index is 2.09. The Bertz CT molecular complexity index is 607. The number of carbonyl (C=O) groups is 1. The average Bonchev–Trinajstić information content (AvgIpc) is 3.03. The van der Waals surface area contributed by atoms with E-state index in [4.69, 9.17) is 22.1 Å². The van der Waals surface area contributed by atoms with Crippen LogP contribution in [0.2, 0.25) is 5.02 Å². The summed E-state index contributed by atoms with van der Waals surface area (Å²) in [5.74, 6) is -0.000459. The summed E-state index contributed by atoms with van der Waals surface area (Å²) in [5, 5.41) is 3.57. The van der Waals surface area contributed by atoms with E-state index in [-0.39, 0.29) is 18.1 Å². The van der Waals surface area contributed by atoms with E-state index in [1.165, 1.54) is 0 Å². The van der Waals surface area contributed by atoms with Crippen LogP contribution in [0.5, 0.6) is 0 Å². The molecule has 2 unspecified atom stereocenters. The maximum atomic E-state index is 12.1. The first-order chi connectivity index (χ1) is 9.84. The summed E-state index contributed by atoms with van der Waals surface area (Å²) < 4.78 is 5.69. The van der Waals surface area contributed by atoms with Gasteiger partial charge in [0.15, 0.2) is 0 Å². The minimum absolute atomic E-state index is 0.000459. The number of amides is 1. The smallest absolute Gasteiger partial charge is 0.234 e. The molecule has 0 saturated carbocycles. The van der Waals surface area contributed by atoms with Gasteiger partial charge in [-0.3, -0.25) is 4.79 Å². The highest BCUT2D eigenvalue weighted by atomic mass is 35.5. The summed E-state index contributed by atoms with van der Waals surface area (Å²) in [6, 6.07) is 1.73. The number of carbonyl (C=O) groups excluding carboxylic acids is 1. The molecule has 3 N–H and O–H groups in total. The molecule has 0 spiro atoms. The lowest BCUT2D eigenvalue weighted by molar-refractivity contribution is -0.119. The fourth-order valence-electron chi connectivity index (χ4n) is 3.19. The number of nitrogens with two attached hydrogens (primary N) is 1. The summed E-state index contributed by atoms with van der Waals surface area (Å²) in [6.07, 6.45) is 1.99. The molecule has 114 valence electrons. The third-order valence-electron chi connectivity index (χ3n) is 4.73. The van der Waals surface area contributed by atoms with Gasteiger partial charge in [0, 0.05) is 12.3 Å². The number of hydrogen-bond acceptors (Lipinski definition) is 3. The predicted octanol–water partition coefficient (Wildman–Crippen LogP) is 3.06. The summed E-state index contributed by atoms with van der Waals surface area (Å²) in [4.78, 5) is 12.1. The molecule has 2 heterocycles. The maximum Gasteiger partial charge on any atom is 0.234 e. The second-order valence-corrected chi connectivity index (χ2v) is 6.86. The lowest BCUT2D eigenvalue weighted by atomic mass is 9.83. The van der Waals surface area contributed by atoms with Gasteiger partial charge in [-0.05, 0) is 56.4 Å². The van der Waals surface area contributed by atoms with Crippen molar-refractivity contribution in [2.24, 2.45) is 5.73 Å². The first kappa shape index (κ1) is 14.8. The van der Waals surface area contributed by atoms with Gasteiger partial charge in [0.1, 0.15) is 0 Å². The molecule has 5 heteroatoms. The summed E-state index contributed by atoms with van der Waals surface area (Å²) in [5.41, 5.74) is 9.38. The molecule has 0 bridgehead atoms. The van der Waals surface area contributed by atoms with Gasteiger partial charge >= 0.3 is 0 Å². The van der Waals surface area contributed by atoms with E-state index in [0.29, 0.717) is 5.02 Å². The third kappa shape index (κ3) is 2.17. The number of rotatable bonds is 2. The van der Waals surface area contributed by atoms with Crippen molar-refractivity contribution in [3.63, 3.8) is 0 Å². The molecular weight excluding hydrogens is 288 g/mol. The maximum absolute atomic E-state index is 12.1. The zero-order valence-electron chi connectivity index (χ0n) is 12.6. The second kappa shape index (κ2) is 4.97. The molecule has 0 radical (unpaired) electrons. The highest BCUT2D eigenvalue weighted by Crippen LogP contribution is 2.45. The molecular formula is C16H21ClN2O2. The van der Waals surface area contributed by atoms with E-state index >= 15 is 0 Å². The van der Waals surface area contributed by atoms with E-state index in [1.54, 1.807) is 0 Å². The number of hydrogen-bond donors (Lipinski definition) is 2. The number of ether oxygens (including phenoxy) is 1. The van der Waals surface area contributed by atoms with E-state index in [9.17, 15) is 4.79 Å². The van der Waals surface area contributed by atoms with Gasteiger partial charge in [-0.2, -0.15) is 0 Å². The number of fused-ring (bicyclic) bond motifs is 1. The highest BCUT2D eigenvalue weighted by Gasteiger charge is 2.41. The topological polar surface area (TPSA) is 64.3 Å². The molecule has 1 saturated heterocycles. The molecule has 0 aromatic heterocycles. The number of anilines is 1. The van der Waals surface area contributed by atoms with Gasteiger partial charge in [-0.15, -0.1) is 0 Å². The summed E-state index contributed by atoms with van der Waals surface area (Å²) in [6.45, 7) is 6.52. The van der Waals surface area contributed by atoms with Crippen LogP contribution in [-0.4, -0.2) is 18.6 Å². The van der Waals surface area contributed by atoms with Crippen LogP contribution in [0.1, 0.15) is 49.4 Å². The molecule has 4 nitrogen and oxygen atoms in total. The van der Waals surface area contributed by atoms with Crippen LogP contribution in [0.25, 0.3) is 0 Å². The Labute approximate surface area is 130 Å². The van der Waals surface area contributed by atoms with Gasteiger partial charge < -0.3 is 15.8 Å². The van der Waals surface area contributed by atoms with Crippen LogP contribution >= 0.6 is 11.6 Å². The Morgan fingerprint density at radius 1 is 1.52 bits per heavy atom. The fourth-order valence-corrected chi connectivity index (χ4v) is 3.47. The van der Waals surface area contributed by atoms with Crippen LogP contribution in [0.15, 0.2) is 6.07 Å². The van der Waals surface area contributed by atoms with Gasteiger partial charge in [0.25, 0.3) is 0 Å². The molecule has 1 amide bonds. The van der Waals surface area contributed by atoms with Crippen molar-refractivity contribution >= 4 is 23.2 Å². The zero-order valence-corrected chi connectivity index (χ0v) is 13.4. The molecule has 1 fully saturated rings. The largest absolute Gasteiger partial charge is 0.376 e. The van der Waals surface area contributed by atoms with Crippen molar-refractivity contribution in [2.45, 2.75) is 51.2 Å². The van der Waals surface area contributed by atoms with Crippen molar-refractivity contribution in [3.05, 3.63) is 27.8 Å². The fraction of sp³-hybridized carbons (Fsp3) is 0.562. The number of nitrogens with one attached hydrogen (secondary N) is 1. The van der Waals surface area contributed by atoms with E-state index in [2.05, 4.69) is 5.32 Å². The van der Waals surface area contributed by atoms with Crippen LogP contribution in [0.3, 0.4) is 0 Å². The van der Waals surface area contributed by atoms with Crippen molar-refractivity contribution in [1.29, 1.82) is 0 Å². The molecule has 3 rings (SSSR count). The monoisotopic (exact) mass is 308 g/mol. The predicted molar refractivity (Wildman–Crippen MR) is 83.7 cm³/mol. The van der Waals surface area contributed by atoms with Crippen molar-refractivity contribution < 1.29 is 9.53 Å². The van der Waals surface area contributed by atoms with Gasteiger partial charge in [-0.1, -0.05) is 11.6 Å². The SMILES string of the molecule is Cc1c(Cl)c(C(N)C2CCCO2)cc2c1NC(=O)C2(C)C. The van der Waals surface area contributed by atoms with Crippen LogP contribution in [0.4, 0.5) is 5.69 Å². The highest BCUT2D eigenvalue weighted by molar-refractivity contribution is 6.33. The molecule has 2 atom stereocenters. The third-order valence-corrected chi connectivity index (χ3v) is 5.23. The minimum atomic E-state index is -0.560. The minimum Gasteiger partial charge on any atom is -0.376 e. The van der Waals surface area contributed by atoms with Crippen molar-refractivity contribution in [1.82, 2.24) is 0 Å². The lowest BCUT2D eigenvalue weighted by Gasteiger charge is -2.24. The van der Waals surface area contributed by atoms with Crippen LogP contribution < -0.4 is 11.1 Å². The van der Waals surface area contributed by atoms with E-state index in [0.717, 1.165) is 41.8 Å². The molecule has 2 aliphatic heterocycles. The Morgan fingerprint density at radius 3 is 2.86 bits per heavy atom. The molecule has 21 heavy (non-hydrogen) atoms. The Morgan fingerprint density at radius 2 is 2.24 bits per heavy atom. The van der Waals surface area contributed by atoms with Crippen LogP contribution in [-0.2, 0) is 14.9 Å². The first-order valence-electron chi connectivity index (χ1n) is 7.36. The zero-order chi connectivity index (χ0) is 15.4. The summed E-state index contributed by atoms with van der Waals surface area (Å²) >= 11 is 6.50. The second-order valence-electron chi connectivity index (χ2n) is 6.48. The summed E-state index contributed by atoms with van der Waals surface area (Å²) in [7, 11) is 0. The van der Waals surface area contributed by atoms with Gasteiger partial charge in [-0.25, -0.2) is 0 Å². The quantitative estimate of drug-likeness (QED) is 0.882. The Kier molecular flexibility index (Phi) is 3.51. The standard InChI is InChI=1S/C16H21ClN2O2/c1-8-12(17)9(13(18)11-5-4-6-21-11)7-10-14(8)19-15(20)16(10,2)3/h7,11,13H,4-6,18H2,1-3H3,(H,19,20). The molecule has 1 aromatic carbocycles. The molecule has 0 aliphatic carbocycles. The average molecular weight is 309 g/mol. The normalized spacial score (nSPS) is 24.8. The van der Waals surface area contributed by atoms with E-state index < -0.39 is 5.41 Å². The van der Waals surface area contributed by atoms with Gasteiger partial charge in [0.05, 0.1) is 22.6 Å². The molecule has 1 aromatic rings. The number of halogens is 1. The van der Waals surface area contributed by atoms with E-state index in [1.807, 2.05) is 26.8 Å². The van der Waals surface area contributed by atoms with Crippen molar-refractivity contribution in [2.75, 3.05) is 11.9 Å². The Hall–Kier alpha value is -1.10. The first-order valence-corrected chi connectivity index (χ1v) is 7.74. The van der Waals surface area contributed by atoms with Crippen LogP contribution in [0, 0.1) is 6.92 Å². The van der Waals surface area contributed by atoms with Gasteiger partial charge in [0.2, 0.25) is 5.91 Å². The van der Waals surface area contributed by atoms with Crippen molar-refractivity contribution in [3.8, 4) is 0 Å². The lowest BCUT2D eigenvalue weighted by Crippen LogP contribution is -2.28. The molecule has 2 aliphatic rings.